The van der Waals surface area contributed by atoms with Gasteiger partial charge in [0.05, 0.1) is 12.6 Å². The van der Waals surface area contributed by atoms with Crippen molar-refractivity contribution in [1.82, 2.24) is 9.80 Å². The fraction of sp³-hybridized carbons (Fsp3) is 0.500. The lowest BCUT2D eigenvalue weighted by molar-refractivity contribution is -0.145. The second-order valence-corrected chi connectivity index (χ2v) is 9.38. The SMILES string of the molecule is COCC(=O)N(CC(=O)N1CCc2sccc2[C@H]1COc1ccc(C)cc1)CC(C)C. The molecular weight excluding hydrogens is 412 g/mol. The van der Waals surface area contributed by atoms with Gasteiger partial charge in [-0.1, -0.05) is 31.5 Å². The Kier molecular flexibility index (Phi) is 8.09. The molecule has 0 fully saturated rings. The molecule has 3 rings (SSSR count). The van der Waals surface area contributed by atoms with Gasteiger partial charge in [0.2, 0.25) is 11.8 Å². The maximum absolute atomic E-state index is 13.3. The zero-order valence-electron chi connectivity index (χ0n) is 18.8. The van der Waals surface area contributed by atoms with E-state index >= 15 is 0 Å². The van der Waals surface area contributed by atoms with Gasteiger partial charge in [-0.15, -0.1) is 11.3 Å². The van der Waals surface area contributed by atoms with Crippen LogP contribution >= 0.6 is 11.3 Å². The van der Waals surface area contributed by atoms with Crippen molar-refractivity contribution in [3.05, 3.63) is 51.7 Å². The van der Waals surface area contributed by atoms with Crippen molar-refractivity contribution in [2.45, 2.75) is 33.2 Å². The third-order valence-corrected chi connectivity index (χ3v) is 6.37. The minimum atomic E-state index is -0.165. The second-order valence-electron chi connectivity index (χ2n) is 8.38. The Morgan fingerprint density at radius 1 is 1.23 bits per heavy atom. The Balaban J connectivity index is 1.75. The zero-order valence-corrected chi connectivity index (χ0v) is 19.6. The van der Waals surface area contributed by atoms with Gasteiger partial charge in [-0.2, -0.15) is 0 Å². The fourth-order valence-electron chi connectivity index (χ4n) is 3.85. The summed E-state index contributed by atoms with van der Waals surface area (Å²) < 4.78 is 11.1. The van der Waals surface area contributed by atoms with Crippen molar-refractivity contribution in [3.8, 4) is 5.75 Å². The highest BCUT2D eigenvalue weighted by atomic mass is 32.1. The van der Waals surface area contributed by atoms with Crippen LogP contribution in [-0.2, 0) is 20.7 Å². The molecule has 0 N–H and O–H groups in total. The summed E-state index contributed by atoms with van der Waals surface area (Å²) in [4.78, 5) is 30.6. The first-order chi connectivity index (χ1) is 14.9. The normalized spacial score (nSPS) is 15.6. The maximum atomic E-state index is 13.3. The van der Waals surface area contributed by atoms with E-state index in [9.17, 15) is 9.59 Å². The summed E-state index contributed by atoms with van der Waals surface area (Å²) in [6.07, 6.45) is 0.829. The molecule has 1 aliphatic heterocycles. The topological polar surface area (TPSA) is 59.1 Å². The van der Waals surface area contributed by atoms with Crippen LogP contribution in [0.1, 0.15) is 35.9 Å². The average Bonchev–Trinajstić information content (AvgIpc) is 3.21. The lowest BCUT2D eigenvalue weighted by atomic mass is 10.0. The average molecular weight is 445 g/mol. The summed E-state index contributed by atoms with van der Waals surface area (Å²) in [5, 5.41) is 2.07. The van der Waals surface area contributed by atoms with Gasteiger partial charge >= 0.3 is 0 Å². The van der Waals surface area contributed by atoms with E-state index in [-0.39, 0.29) is 36.9 Å². The van der Waals surface area contributed by atoms with Gasteiger partial charge in [0, 0.05) is 25.1 Å². The second kappa shape index (κ2) is 10.8. The zero-order chi connectivity index (χ0) is 22.4. The van der Waals surface area contributed by atoms with Gasteiger partial charge in [-0.25, -0.2) is 0 Å². The lowest BCUT2D eigenvalue weighted by Gasteiger charge is -2.37. The molecule has 6 nitrogen and oxygen atoms in total. The summed E-state index contributed by atoms with van der Waals surface area (Å²) in [5.41, 5.74) is 2.32. The summed E-state index contributed by atoms with van der Waals surface area (Å²) in [7, 11) is 1.49. The summed E-state index contributed by atoms with van der Waals surface area (Å²) in [5.74, 6) is 0.834. The quantitative estimate of drug-likeness (QED) is 0.592. The molecule has 1 aromatic carbocycles. The van der Waals surface area contributed by atoms with Crippen LogP contribution in [0.5, 0.6) is 5.75 Å². The third-order valence-electron chi connectivity index (χ3n) is 5.38. The monoisotopic (exact) mass is 444 g/mol. The van der Waals surface area contributed by atoms with Crippen LogP contribution in [0.2, 0.25) is 0 Å². The van der Waals surface area contributed by atoms with Gasteiger partial charge in [-0.3, -0.25) is 9.59 Å². The maximum Gasteiger partial charge on any atom is 0.249 e. The Morgan fingerprint density at radius 2 is 1.97 bits per heavy atom. The van der Waals surface area contributed by atoms with E-state index in [2.05, 4.69) is 11.4 Å². The molecule has 1 aliphatic rings. The minimum Gasteiger partial charge on any atom is -0.491 e. The molecule has 0 saturated heterocycles. The predicted molar refractivity (Wildman–Crippen MR) is 122 cm³/mol. The minimum absolute atomic E-state index is 0.0192. The Morgan fingerprint density at radius 3 is 2.65 bits per heavy atom. The molecule has 1 aromatic heterocycles. The van der Waals surface area contributed by atoms with Crippen LogP contribution in [0.25, 0.3) is 0 Å². The van der Waals surface area contributed by atoms with Crippen molar-refractivity contribution in [2.24, 2.45) is 5.92 Å². The number of hydrogen-bond donors (Lipinski definition) is 0. The molecule has 2 heterocycles. The molecule has 0 saturated carbocycles. The molecule has 1 atom stereocenters. The summed E-state index contributed by atoms with van der Waals surface area (Å²) in [6.45, 7) is 7.68. The van der Waals surface area contributed by atoms with Crippen LogP contribution in [0, 0.1) is 12.8 Å². The highest BCUT2D eigenvalue weighted by Crippen LogP contribution is 2.34. The van der Waals surface area contributed by atoms with Crippen molar-refractivity contribution in [2.75, 3.05) is 40.0 Å². The van der Waals surface area contributed by atoms with Crippen molar-refractivity contribution in [1.29, 1.82) is 0 Å². The summed E-state index contributed by atoms with van der Waals surface area (Å²) >= 11 is 1.73. The number of carbonyl (C=O) groups is 2. The van der Waals surface area contributed by atoms with E-state index in [1.807, 2.05) is 49.9 Å². The molecule has 0 aliphatic carbocycles. The Hall–Kier alpha value is -2.38. The van der Waals surface area contributed by atoms with E-state index in [0.29, 0.717) is 19.7 Å². The smallest absolute Gasteiger partial charge is 0.249 e. The van der Waals surface area contributed by atoms with E-state index < -0.39 is 0 Å². The molecule has 7 heteroatoms. The molecule has 2 amide bonds. The standard InChI is InChI=1S/C24H32N2O4S/c1-17(2)13-25(24(28)16-29-4)14-23(27)26-11-9-22-20(10-12-31-22)21(26)15-30-19-7-5-18(3)6-8-19/h5-8,10,12,17,21H,9,11,13-16H2,1-4H3/t21-/m1/s1. The number of ether oxygens (including phenoxy) is 2. The molecule has 168 valence electrons. The lowest BCUT2D eigenvalue weighted by Crippen LogP contribution is -2.49. The van der Waals surface area contributed by atoms with E-state index in [4.69, 9.17) is 9.47 Å². The first-order valence-electron chi connectivity index (χ1n) is 10.7. The molecule has 0 radical (unpaired) electrons. The first kappa shape index (κ1) is 23.3. The van der Waals surface area contributed by atoms with Crippen LogP contribution in [0.3, 0.4) is 0 Å². The first-order valence-corrected chi connectivity index (χ1v) is 11.6. The molecule has 0 unspecified atom stereocenters. The van der Waals surface area contributed by atoms with Gasteiger partial charge in [-0.05, 0) is 48.4 Å². The van der Waals surface area contributed by atoms with Gasteiger partial charge in [0.25, 0.3) is 0 Å². The number of rotatable bonds is 9. The number of fused-ring (bicyclic) bond motifs is 1. The molecular formula is C24H32N2O4S. The summed E-state index contributed by atoms with van der Waals surface area (Å²) in [6, 6.07) is 9.85. The van der Waals surface area contributed by atoms with Gasteiger partial charge in [0.15, 0.2) is 0 Å². The van der Waals surface area contributed by atoms with Crippen LogP contribution in [0.4, 0.5) is 0 Å². The van der Waals surface area contributed by atoms with E-state index in [1.54, 1.807) is 16.2 Å². The largest absolute Gasteiger partial charge is 0.491 e. The number of carbonyl (C=O) groups excluding carboxylic acids is 2. The Bertz CT molecular complexity index is 878. The van der Waals surface area contributed by atoms with Crippen molar-refractivity contribution < 1.29 is 19.1 Å². The van der Waals surface area contributed by atoms with Crippen molar-refractivity contribution in [3.63, 3.8) is 0 Å². The van der Waals surface area contributed by atoms with Crippen LogP contribution in [-0.4, -0.2) is 61.6 Å². The molecule has 2 aromatic rings. The van der Waals surface area contributed by atoms with E-state index in [1.165, 1.54) is 17.6 Å². The van der Waals surface area contributed by atoms with Gasteiger partial charge < -0.3 is 19.3 Å². The van der Waals surface area contributed by atoms with Crippen LogP contribution in [0.15, 0.2) is 35.7 Å². The number of amides is 2. The van der Waals surface area contributed by atoms with Gasteiger partial charge in [0.1, 0.15) is 19.0 Å². The molecule has 31 heavy (non-hydrogen) atoms. The number of nitrogens with zero attached hydrogens (tertiary/aromatic N) is 2. The van der Waals surface area contributed by atoms with Crippen LogP contribution < -0.4 is 4.74 Å². The predicted octanol–water partition coefficient (Wildman–Crippen LogP) is 3.69. The number of aryl methyl sites for hydroxylation is 1. The Labute approximate surface area is 188 Å². The molecule has 0 bridgehead atoms. The van der Waals surface area contributed by atoms with E-state index in [0.717, 1.165) is 17.7 Å². The number of methoxy groups -OCH3 is 1. The number of benzene rings is 1. The number of hydrogen-bond acceptors (Lipinski definition) is 5. The van der Waals surface area contributed by atoms with Crippen molar-refractivity contribution >= 4 is 23.2 Å². The highest BCUT2D eigenvalue weighted by Gasteiger charge is 2.33. The molecule has 0 spiro atoms. The highest BCUT2D eigenvalue weighted by molar-refractivity contribution is 7.10. The third kappa shape index (κ3) is 6.08. The number of thiophene rings is 1. The fourth-order valence-corrected chi connectivity index (χ4v) is 4.78.